The second-order valence-corrected chi connectivity index (χ2v) is 4.58. The molecule has 1 N–H and O–H groups in total. The molecule has 2 atom stereocenters. The Morgan fingerprint density at radius 2 is 2.06 bits per heavy atom. The summed E-state index contributed by atoms with van der Waals surface area (Å²) in [5, 5.41) is 8.75. The highest BCUT2D eigenvalue weighted by Crippen LogP contribution is 2.34. The fraction of sp³-hybridized carbons (Fsp3) is 0.571. The summed E-state index contributed by atoms with van der Waals surface area (Å²) in [6.07, 6.45) is 2.91. The van der Waals surface area contributed by atoms with E-state index in [1.165, 1.54) is 0 Å². The Kier molecular flexibility index (Phi) is 4.15. The minimum atomic E-state index is -0.606. The standard InChI is InChI=1S/C14H20O3/c1-14(12-7-3-2-4-8-12)16-11-13(17-14)9-5-6-10-15/h2-4,7-8,13,15H,5-6,9-11H2,1H3/t13-,14+/m0/s1. The third-order valence-corrected chi connectivity index (χ3v) is 3.17. The number of aliphatic hydroxyl groups excluding tert-OH is 1. The van der Waals surface area contributed by atoms with E-state index < -0.39 is 5.79 Å². The molecule has 94 valence electrons. The normalized spacial score (nSPS) is 28.5. The number of hydrogen-bond donors (Lipinski definition) is 1. The first-order chi connectivity index (χ1) is 8.24. The fourth-order valence-corrected chi connectivity index (χ4v) is 2.16. The maximum absolute atomic E-state index is 8.75. The Labute approximate surface area is 102 Å². The van der Waals surface area contributed by atoms with Crippen LogP contribution >= 0.6 is 0 Å². The van der Waals surface area contributed by atoms with E-state index in [4.69, 9.17) is 14.6 Å². The van der Waals surface area contributed by atoms with Gasteiger partial charge in [0, 0.05) is 12.2 Å². The van der Waals surface area contributed by atoms with Gasteiger partial charge in [0.05, 0.1) is 12.7 Å². The summed E-state index contributed by atoms with van der Waals surface area (Å²) in [4.78, 5) is 0. The van der Waals surface area contributed by atoms with Crippen LogP contribution < -0.4 is 0 Å². The Hall–Kier alpha value is -0.900. The van der Waals surface area contributed by atoms with Crippen molar-refractivity contribution < 1.29 is 14.6 Å². The van der Waals surface area contributed by atoms with Crippen molar-refractivity contribution in [2.45, 2.75) is 38.1 Å². The molecule has 0 aromatic heterocycles. The summed E-state index contributed by atoms with van der Waals surface area (Å²) in [7, 11) is 0. The lowest BCUT2D eigenvalue weighted by atomic mass is 10.1. The molecule has 0 saturated carbocycles. The van der Waals surface area contributed by atoms with Crippen LogP contribution in [0.5, 0.6) is 0 Å². The molecule has 1 saturated heterocycles. The molecule has 1 aliphatic heterocycles. The van der Waals surface area contributed by atoms with Crippen LogP contribution in [0.1, 0.15) is 31.7 Å². The van der Waals surface area contributed by atoms with E-state index in [9.17, 15) is 0 Å². The summed E-state index contributed by atoms with van der Waals surface area (Å²) < 4.78 is 11.8. The predicted molar refractivity (Wildman–Crippen MR) is 65.6 cm³/mol. The van der Waals surface area contributed by atoms with Crippen molar-refractivity contribution in [1.82, 2.24) is 0 Å². The summed E-state index contributed by atoms with van der Waals surface area (Å²) >= 11 is 0. The van der Waals surface area contributed by atoms with Crippen LogP contribution in [-0.4, -0.2) is 24.4 Å². The zero-order valence-corrected chi connectivity index (χ0v) is 10.3. The molecule has 0 spiro atoms. The van der Waals surface area contributed by atoms with Crippen molar-refractivity contribution in [3.8, 4) is 0 Å². The number of aliphatic hydroxyl groups is 1. The van der Waals surface area contributed by atoms with E-state index >= 15 is 0 Å². The van der Waals surface area contributed by atoms with Crippen molar-refractivity contribution in [2.24, 2.45) is 0 Å². The largest absolute Gasteiger partial charge is 0.396 e. The van der Waals surface area contributed by atoms with Gasteiger partial charge in [-0.3, -0.25) is 0 Å². The zero-order chi connectivity index (χ0) is 12.1. The highest BCUT2D eigenvalue weighted by molar-refractivity contribution is 5.20. The monoisotopic (exact) mass is 236 g/mol. The molecular formula is C14H20O3. The van der Waals surface area contributed by atoms with Crippen molar-refractivity contribution in [3.05, 3.63) is 35.9 Å². The number of ether oxygens (including phenoxy) is 2. The van der Waals surface area contributed by atoms with Crippen LogP contribution in [0.15, 0.2) is 30.3 Å². The van der Waals surface area contributed by atoms with Gasteiger partial charge in [0.25, 0.3) is 0 Å². The maximum Gasteiger partial charge on any atom is 0.192 e. The van der Waals surface area contributed by atoms with Crippen LogP contribution in [0.2, 0.25) is 0 Å². The summed E-state index contributed by atoms with van der Waals surface area (Å²) in [6.45, 7) is 2.86. The van der Waals surface area contributed by atoms with Gasteiger partial charge in [-0.25, -0.2) is 0 Å². The first-order valence-electron chi connectivity index (χ1n) is 6.23. The van der Waals surface area contributed by atoms with Gasteiger partial charge in [-0.1, -0.05) is 30.3 Å². The molecule has 17 heavy (non-hydrogen) atoms. The van der Waals surface area contributed by atoms with Gasteiger partial charge >= 0.3 is 0 Å². The van der Waals surface area contributed by atoms with E-state index in [1.807, 2.05) is 37.3 Å². The van der Waals surface area contributed by atoms with Crippen molar-refractivity contribution >= 4 is 0 Å². The van der Waals surface area contributed by atoms with Crippen LogP contribution in [0.25, 0.3) is 0 Å². The lowest BCUT2D eigenvalue weighted by Gasteiger charge is -2.23. The zero-order valence-electron chi connectivity index (χ0n) is 10.3. The summed E-state index contributed by atoms with van der Waals surface area (Å²) in [5.74, 6) is -0.606. The third kappa shape index (κ3) is 3.06. The molecule has 3 nitrogen and oxygen atoms in total. The van der Waals surface area contributed by atoms with E-state index in [1.54, 1.807) is 0 Å². The Morgan fingerprint density at radius 1 is 1.29 bits per heavy atom. The average Bonchev–Trinajstić information content (AvgIpc) is 2.74. The average molecular weight is 236 g/mol. The predicted octanol–water partition coefficient (Wildman–Crippen LogP) is 2.44. The first-order valence-corrected chi connectivity index (χ1v) is 6.23. The molecule has 2 rings (SSSR count). The van der Waals surface area contributed by atoms with Crippen LogP contribution in [-0.2, 0) is 15.3 Å². The van der Waals surface area contributed by atoms with E-state index in [0.29, 0.717) is 6.61 Å². The smallest absolute Gasteiger partial charge is 0.192 e. The van der Waals surface area contributed by atoms with E-state index in [0.717, 1.165) is 24.8 Å². The second-order valence-electron chi connectivity index (χ2n) is 4.58. The Balaban J connectivity index is 1.92. The molecule has 3 heteroatoms. The maximum atomic E-state index is 8.75. The summed E-state index contributed by atoms with van der Waals surface area (Å²) in [5.41, 5.74) is 1.06. The minimum Gasteiger partial charge on any atom is -0.396 e. The quantitative estimate of drug-likeness (QED) is 0.798. The molecular weight excluding hydrogens is 216 g/mol. The number of benzene rings is 1. The molecule has 0 unspecified atom stereocenters. The van der Waals surface area contributed by atoms with E-state index in [-0.39, 0.29) is 12.7 Å². The SMILES string of the molecule is C[C@@]1(c2ccccc2)OC[C@H](CCCCO)O1. The molecule has 1 aromatic rings. The highest BCUT2D eigenvalue weighted by atomic mass is 16.7. The number of rotatable bonds is 5. The highest BCUT2D eigenvalue weighted by Gasteiger charge is 2.38. The van der Waals surface area contributed by atoms with Crippen LogP contribution in [0, 0.1) is 0 Å². The molecule has 0 radical (unpaired) electrons. The minimum absolute atomic E-state index is 0.145. The number of hydrogen-bond acceptors (Lipinski definition) is 3. The lowest BCUT2D eigenvalue weighted by molar-refractivity contribution is -0.162. The van der Waals surface area contributed by atoms with E-state index in [2.05, 4.69) is 0 Å². The lowest BCUT2D eigenvalue weighted by Crippen LogP contribution is -2.23. The van der Waals surface area contributed by atoms with Gasteiger partial charge < -0.3 is 14.6 Å². The van der Waals surface area contributed by atoms with Crippen LogP contribution in [0.3, 0.4) is 0 Å². The van der Waals surface area contributed by atoms with Crippen molar-refractivity contribution in [1.29, 1.82) is 0 Å². The van der Waals surface area contributed by atoms with Gasteiger partial charge in [0.1, 0.15) is 0 Å². The topological polar surface area (TPSA) is 38.7 Å². The molecule has 0 amide bonds. The van der Waals surface area contributed by atoms with Gasteiger partial charge in [-0.15, -0.1) is 0 Å². The molecule has 1 heterocycles. The molecule has 1 aromatic carbocycles. The second kappa shape index (κ2) is 5.63. The molecule has 0 aliphatic carbocycles. The summed E-state index contributed by atoms with van der Waals surface area (Å²) in [6, 6.07) is 10.0. The molecule has 0 bridgehead atoms. The molecule has 1 aliphatic rings. The van der Waals surface area contributed by atoms with Gasteiger partial charge in [0.2, 0.25) is 0 Å². The van der Waals surface area contributed by atoms with Crippen LogP contribution in [0.4, 0.5) is 0 Å². The first kappa shape index (κ1) is 12.6. The number of unbranched alkanes of at least 4 members (excludes halogenated alkanes) is 1. The van der Waals surface area contributed by atoms with Gasteiger partial charge in [0.15, 0.2) is 5.79 Å². The van der Waals surface area contributed by atoms with Crippen molar-refractivity contribution in [2.75, 3.05) is 13.2 Å². The molecule has 1 fully saturated rings. The van der Waals surface area contributed by atoms with Gasteiger partial charge in [-0.2, -0.15) is 0 Å². The van der Waals surface area contributed by atoms with Crippen molar-refractivity contribution in [3.63, 3.8) is 0 Å². The Morgan fingerprint density at radius 3 is 2.76 bits per heavy atom. The fourth-order valence-electron chi connectivity index (χ4n) is 2.16. The third-order valence-electron chi connectivity index (χ3n) is 3.17. The Bertz CT molecular complexity index is 339. The van der Waals surface area contributed by atoms with Gasteiger partial charge in [-0.05, 0) is 26.2 Å².